The van der Waals surface area contributed by atoms with E-state index in [0.29, 0.717) is 31.3 Å². The molecule has 1 amide bonds. The number of nitriles is 1. The van der Waals surface area contributed by atoms with Gasteiger partial charge in [-0.15, -0.1) is 0 Å². The van der Waals surface area contributed by atoms with E-state index in [4.69, 9.17) is 9.78 Å². The molecule has 0 unspecified atom stereocenters. The highest BCUT2D eigenvalue weighted by atomic mass is 19.1. The number of nitrogens with zero attached hydrogens (tertiary/aromatic N) is 5. The van der Waals surface area contributed by atoms with Crippen LogP contribution in [0.4, 0.5) is 4.39 Å². The van der Waals surface area contributed by atoms with Crippen LogP contribution in [-0.2, 0) is 0 Å². The Morgan fingerprint density at radius 2 is 2.25 bits per heavy atom. The van der Waals surface area contributed by atoms with E-state index in [1.54, 1.807) is 17.9 Å². The molecule has 8 heteroatoms. The van der Waals surface area contributed by atoms with Gasteiger partial charge in [-0.3, -0.25) is 9.69 Å². The number of benzene rings is 1. The molecular formula is C16H16FN5O2. The summed E-state index contributed by atoms with van der Waals surface area (Å²) in [6, 6.07) is 5.37. The Kier molecular flexibility index (Phi) is 4.27. The van der Waals surface area contributed by atoms with Crippen LogP contribution >= 0.6 is 0 Å². The first kappa shape index (κ1) is 16.1. The Bertz CT molecular complexity index is 813. The lowest BCUT2D eigenvalue weighted by atomic mass is 10.1. The molecule has 1 atom stereocenters. The van der Waals surface area contributed by atoms with Gasteiger partial charge >= 0.3 is 0 Å². The van der Waals surface area contributed by atoms with Gasteiger partial charge in [0.25, 0.3) is 5.91 Å². The fraction of sp³-hybridized carbons (Fsp3) is 0.375. The minimum Gasteiger partial charge on any atom is -0.338 e. The lowest BCUT2D eigenvalue weighted by Gasteiger charge is -2.37. The largest absolute Gasteiger partial charge is 0.338 e. The average molecular weight is 329 g/mol. The van der Waals surface area contributed by atoms with E-state index in [1.165, 1.54) is 12.1 Å². The van der Waals surface area contributed by atoms with E-state index in [1.807, 2.05) is 11.9 Å². The van der Waals surface area contributed by atoms with Crippen molar-refractivity contribution in [2.45, 2.75) is 13.0 Å². The van der Waals surface area contributed by atoms with Crippen LogP contribution in [0.5, 0.6) is 0 Å². The van der Waals surface area contributed by atoms with Crippen molar-refractivity contribution in [1.29, 1.82) is 5.26 Å². The normalized spacial score (nSPS) is 18.4. The summed E-state index contributed by atoms with van der Waals surface area (Å²) in [6.07, 6.45) is 0. The predicted molar refractivity (Wildman–Crippen MR) is 81.4 cm³/mol. The van der Waals surface area contributed by atoms with Crippen molar-refractivity contribution in [3.63, 3.8) is 0 Å². The van der Waals surface area contributed by atoms with Gasteiger partial charge in [0.15, 0.2) is 5.82 Å². The van der Waals surface area contributed by atoms with Crippen LogP contribution in [0, 0.1) is 24.1 Å². The van der Waals surface area contributed by atoms with Crippen LogP contribution in [0.2, 0.25) is 0 Å². The van der Waals surface area contributed by atoms with Crippen LogP contribution in [-0.4, -0.2) is 52.5 Å². The number of aryl methyl sites for hydroxylation is 1. The van der Waals surface area contributed by atoms with Gasteiger partial charge < -0.3 is 9.42 Å². The fourth-order valence-electron chi connectivity index (χ4n) is 2.70. The summed E-state index contributed by atoms with van der Waals surface area (Å²) in [5.74, 6) is 0.121. The molecule has 1 aromatic carbocycles. The number of piperazine rings is 1. The average Bonchev–Trinajstić information content (AvgIpc) is 3.01. The van der Waals surface area contributed by atoms with Gasteiger partial charge in [-0.1, -0.05) is 5.16 Å². The minimum absolute atomic E-state index is 0.140. The Morgan fingerprint density at radius 1 is 1.46 bits per heavy atom. The molecule has 124 valence electrons. The lowest BCUT2D eigenvalue weighted by molar-refractivity contribution is 0.0489. The number of aromatic nitrogens is 2. The zero-order valence-electron chi connectivity index (χ0n) is 13.4. The topological polar surface area (TPSA) is 86.3 Å². The van der Waals surface area contributed by atoms with Crippen LogP contribution in [0.3, 0.4) is 0 Å². The van der Waals surface area contributed by atoms with Crippen molar-refractivity contribution < 1.29 is 13.7 Å². The SMILES string of the molecule is Cc1noc([C@H]2CN(C(=O)c3ccc(F)c(C#N)c3)CCN2C)n1. The van der Waals surface area contributed by atoms with Crippen LogP contribution < -0.4 is 0 Å². The molecule has 1 aromatic heterocycles. The summed E-state index contributed by atoms with van der Waals surface area (Å²) >= 11 is 0. The van der Waals surface area contributed by atoms with Gasteiger partial charge in [-0.05, 0) is 32.2 Å². The third kappa shape index (κ3) is 2.98. The van der Waals surface area contributed by atoms with Crippen molar-refractivity contribution in [1.82, 2.24) is 19.9 Å². The van der Waals surface area contributed by atoms with Gasteiger partial charge in [0.05, 0.1) is 5.56 Å². The molecule has 1 fully saturated rings. The van der Waals surface area contributed by atoms with E-state index in [2.05, 4.69) is 10.1 Å². The van der Waals surface area contributed by atoms with Gasteiger partial charge in [0.1, 0.15) is 17.9 Å². The van der Waals surface area contributed by atoms with E-state index in [-0.39, 0.29) is 23.1 Å². The highest BCUT2D eigenvalue weighted by molar-refractivity contribution is 5.94. The predicted octanol–water partition coefficient (Wildman–Crippen LogP) is 1.52. The maximum absolute atomic E-state index is 13.4. The molecule has 0 N–H and O–H groups in total. The summed E-state index contributed by atoms with van der Waals surface area (Å²) < 4.78 is 18.7. The molecule has 2 aromatic rings. The van der Waals surface area contributed by atoms with Crippen molar-refractivity contribution in [3.8, 4) is 6.07 Å². The van der Waals surface area contributed by atoms with E-state index in [0.717, 1.165) is 6.07 Å². The first-order valence-corrected chi connectivity index (χ1v) is 7.49. The minimum atomic E-state index is -0.633. The Balaban J connectivity index is 1.82. The molecule has 24 heavy (non-hydrogen) atoms. The standard InChI is InChI=1S/C16H16FN5O2/c1-10-19-15(24-20-10)14-9-22(6-5-21(14)2)16(23)11-3-4-13(17)12(7-11)8-18/h3-4,7,14H,5-6,9H2,1-2H3/t14-/m1/s1. The van der Waals surface area contributed by atoms with E-state index in [9.17, 15) is 9.18 Å². The number of amides is 1. The number of carbonyl (C=O) groups is 1. The van der Waals surface area contributed by atoms with E-state index < -0.39 is 5.82 Å². The molecule has 0 radical (unpaired) electrons. The summed E-state index contributed by atoms with van der Waals surface area (Å²) in [4.78, 5) is 20.6. The molecule has 1 aliphatic heterocycles. The molecule has 7 nitrogen and oxygen atoms in total. The first-order chi connectivity index (χ1) is 11.5. The fourth-order valence-corrected chi connectivity index (χ4v) is 2.70. The van der Waals surface area contributed by atoms with Gasteiger partial charge in [-0.2, -0.15) is 10.2 Å². The molecule has 0 aliphatic carbocycles. The number of carbonyl (C=O) groups excluding carboxylic acids is 1. The zero-order chi connectivity index (χ0) is 17.3. The summed E-state index contributed by atoms with van der Waals surface area (Å²) in [7, 11) is 1.93. The van der Waals surface area contributed by atoms with Crippen LogP contribution in [0.25, 0.3) is 0 Å². The second kappa shape index (κ2) is 6.37. The summed E-state index contributed by atoms with van der Waals surface area (Å²) in [6.45, 7) is 3.29. The monoisotopic (exact) mass is 329 g/mol. The van der Waals surface area contributed by atoms with Gasteiger partial charge in [0.2, 0.25) is 5.89 Å². The molecule has 2 heterocycles. The van der Waals surface area contributed by atoms with Crippen LogP contribution in [0.1, 0.15) is 33.7 Å². The second-order valence-corrected chi connectivity index (χ2v) is 5.73. The summed E-state index contributed by atoms with van der Waals surface area (Å²) in [5.41, 5.74) is 0.150. The van der Waals surface area contributed by atoms with Crippen LogP contribution in [0.15, 0.2) is 22.7 Å². The molecule has 1 aliphatic rings. The highest BCUT2D eigenvalue weighted by Crippen LogP contribution is 2.24. The number of likely N-dealkylation sites (N-methyl/N-ethyl adjacent to an activating group) is 1. The molecular weight excluding hydrogens is 313 g/mol. The second-order valence-electron chi connectivity index (χ2n) is 5.73. The van der Waals surface area contributed by atoms with Crippen molar-refractivity contribution >= 4 is 5.91 Å². The molecule has 0 bridgehead atoms. The lowest BCUT2D eigenvalue weighted by Crippen LogP contribution is -2.49. The Hall–Kier alpha value is -2.79. The van der Waals surface area contributed by atoms with Gasteiger partial charge in [-0.25, -0.2) is 4.39 Å². The molecule has 0 spiro atoms. The van der Waals surface area contributed by atoms with Crippen molar-refractivity contribution in [2.75, 3.05) is 26.7 Å². The third-order valence-corrected chi connectivity index (χ3v) is 4.10. The smallest absolute Gasteiger partial charge is 0.254 e. The molecule has 3 rings (SSSR count). The number of hydrogen-bond donors (Lipinski definition) is 0. The molecule has 1 saturated heterocycles. The third-order valence-electron chi connectivity index (χ3n) is 4.10. The number of halogens is 1. The first-order valence-electron chi connectivity index (χ1n) is 7.49. The number of hydrogen-bond acceptors (Lipinski definition) is 6. The van der Waals surface area contributed by atoms with E-state index >= 15 is 0 Å². The summed E-state index contributed by atoms with van der Waals surface area (Å²) in [5, 5.41) is 12.7. The molecule has 0 saturated carbocycles. The Labute approximate surface area is 138 Å². The Morgan fingerprint density at radius 3 is 2.92 bits per heavy atom. The number of rotatable bonds is 2. The zero-order valence-corrected chi connectivity index (χ0v) is 13.4. The van der Waals surface area contributed by atoms with Crippen molar-refractivity contribution in [2.24, 2.45) is 0 Å². The van der Waals surface area contributed by atoms with Crippen molar-refractivity contribution in [3.05, 3.63) is 46.9 Å². The van der Waals surface area contributed by atoms with Gasteiger partial charge in [0, 0.05) is 25.2 Å². The highest BCUT2D eigenvalue weighted by Gasteiger charge is 2.32. The maximum atomic E-state index is 13.4. The maximum Gasteiger partial charge on any atom is 0.254 e. The quantitative estimate of drug-likeness (QED) is 0.830.